The van der Waals surface area contributed by atoms with Gasteiger partial charge in [-0.05, 0) is 60.6 Å². The molecular weight excluding hydrogens is 208 g/mol. The van der Waals surface area contributed by atoms with E-state index >= 15 is 0 Å². The predicted octanol–water partition coefficient (Wildman–Crippen LogP) is 2.40. The maximum atomic E-state index is 5.80. The van der Waals surface area contributed by atoms with Crippen molar-refractivity contribution in [1.82, 2.24) is 5.32 Å². The third-order valence-corrected chi connectivity index (χ3v) is 5.23. The van der Waals surface area contributed by atoms with E-state index in [1.54, 1.807) is 0 Å². The molecule has 2 heteroatoms. The third kappa shape index (κ3) is 1.50. The van der Waals surface area contributed by atoms with Gasteiger partial charge < -0.3 is 11.1 Å². The summed E-state index contributed by atoms with van der Waals surface area (Å²) in [7, 11) is 0. The quantitative estimate of drug-likeness (QED) is 0.780. The van der Waals surface area contributed by atoms with Gasteiger partial charge in [-0.2, -0.15) is 0 Å². The van der Waals surface area contributed by atoms with Gasteiger partial charge in [-0.15, -0.1) is 0 Å². The van der Waals surface area contributed by atoms with Crippen LogP contribution in [-0.2, 0) is 6.54 Å². The van der Waals surface area contributed by atoms with Gasteiger partial charge in [-0.25, -0.2) is 0 Å². The number of fused-ring (bicyclic) bond motifs is 5. The summed E-state index contributed by atoms with van der Waals surface area (Å²) in [4.78, 5) is 0. The van der Waals surface area contributed by atoms with Crippen LogP contribution in [0, 0.1) is 23.7 Å². The molecular formula is C15H20N2. The zero-order valence-electron chi connectivity index (χ0n) is 10.1. The van der Waals surface area contributed by atoms with Gasteiger partial charge in [0.15, 0.2) is 0 Å². The van der Waals surface area contributed by atoms with Gasteiger partial charge in [-0.1, -0.05) is 12.1 Å². The first-order valence-corrected chi connectivity index (χ1v) is 6.91. The van der Waals surface area contributed by atoms with Crippen LogP contribution < -0.4 is 11.1 Å². The minimum atomic E-state index is 0.822. The molecule has 4 unspecified atom stereocenters. The highest BCUT2D eigenvalue weighted by atomic mass is 15.0. The topological polar surface area (TPSA) is 38.0 Å². The monoisotopic (exact) mass is 228 g/mol. The summed E-state index contributed by atoms with van der Waals surface area (Å²) in [6.07, 6.45) is 4.54. The van der Waals surface area contributed by atoms with E-state index in [1.165, 1.54) is 24.8 Å². The number of anilines is 1. The molecule has 0 radical (unpaired) electrons. The van der Waals surface area contributed by atoms with Gasteiger partial charge in [0, 0.05) is 18.3 Å². The molecule has 3 aliphatic carbocycles. The van der Waals surface area contributed by atoms with Crippen molar-refractivity contribution in [1.29, 1.82) is 0 Å². The van der Waals surface area contributed by atoms with Crippen molar-refractivity contribution in [2.75, 3.05) is 5.73 Å². The van der Waals surface area contributed by atoms with Crippen LogP contribution in [0.5, 0.6) is 0 Å². The SMILES string of the molecule is Nc1cccc(CNC2C3C4CCC(C4)C23)c1. The number of hydrogen-bond donors (Lipinski definition) is 2. The summed E-state index contributed by atoms with van der Waals surface area (Å²) in [5, 5.41) is 3.75. The van der Waals surface area contributed by atoms with Gasteiger partial charge in [-0.3, -0.25) is 0 Å². The second-order valence-corrected chi connectivity index (χ2v) is 6.14. The maximum absolute atomic E-state index is 5.80. The highest BCUT2D eigenvalue weighted by Gasteiger charge is 2.64. The first-order valence-electron chi connectivity index (χ1n) is 6.91. The minimum Gasteiger partial charge on any atom is -0.399 e. The van der Waals surface area contributed by atoms with E-state index in [0.29, 0.717) is 0 Å². The molecule has 1 aromatic carbocycles. The van der Waals surface area contributed by atoms with Crippen LogP contribution in [0.4, 0.5) is 5.69 Å². The molecule has 4 rings (SSSR count). The standard InChI is InChI=1S/C15H20N2/c16-12-3-1-2-9(6-12)8-17-15-13-10-4-5-11(7-10)14(13)15/h1-3,6,10-11,13-15,17H,4-5,7-8,16H2. The zero-order valence-corrected chi connectivity index (χ0v) is 10.1. The van der Waals surface area contributed by atoms with Crippen molar-refractivity contribution in [2.45, 2.75) is 31.8 Å². The molecule has 0 amide bonds. The van der Waals surface area contributed by atoms with Crippen molar-refractivity contribution >= 4 is 5.69 Å². The molecule has 0 aliphatic heterocycles. The zero-order chi connectivity index (χ0) is 11.4. The third-order valence-electron chi connectivity index (χ3n) is 5.23. The summed E-state index contributed by atoms with van der Waals surface area (Å²) in [6, 6.07) is 9.07. The van der Waals surface area contributed by atoms with Crippen molar-refractivity contribution in [2.24, 2.45) is 23.7 Å². The summed E-state index contributed by atoms with van der Waals surface area (Å²) in [5.74, 6) is 4.16. The molecule has 3 fully saturated rings. The van der Waals surface area contributed by atoms with E-state index in [2.05, 4.69) is 17.4 Å². The molecule has 90 valence electrons. The van der Waals surface area contributed by atoms with Gasteiger partial charge in [0.2, 0.25) is 0 Å². The Morgan fingerprint density at radius 2 is 1.94 bits per heavy atom. The van der Waals surface area contributed by atoms with Gasteiger partial charge in [0.25, 0.3) is 0 Å². The second kappa shape index (κ2) is 3.49. The summed E-state index contributed by atoms with van der Waals surface area (Å²) in [5.41, 5.74) is 8.00. The maximum Gasteiger partial charge on any atom is 0.0317 e. The van der Waals surface area contributed by atoms with Crippen LogP contribution in [0.25, 0.3) is 0 Å². The normalized spacial score (nSPS) is 41.5. The Morgan fingerprint density at radius 3 is 2.65 bits per heavy atom. The van der Waals surface area contributed by atoms with Crippen molar-refractivity contribution < 1.29 is 0 Å². The lowest BCUT2D eigenvalue weighted by Crippen LogP contribution is -2.22. The Kier molecular flexibility index (Phi) is 2.04. The van der Waals surface area contributed by atoms with E-state index in [9.17, 15) is 0 Å². The number of nitrogens with one attached hydrogen (secondary N) is 1. The Morgan fingerprint density at radius 1 is 1.18 bits per heavy atom. The summed E-state index contributed by atoms with van der Waals surface area (Å²) >= 11 is 0. The lowest BCUT2D eigenvalue weighted by molar-refractivity contribution is 0.456. The van der Waals surface area contributed by atoms with Crippen LogP contribution in [-0.4, -0.2) is 6.04 Å². The average Bonchev–Trinajstić information content (AvgIpc) is 2.72. The minimum absolute atomic E-state index is 0.822. The van der Waals surface area contributed by atoms with E-state index in [-0.39, 0.29) is 0 Å². The highest BCUT2D eigenvalue weighted by molar-refractivity contribution is 5.40. The molecule has 3 saturated carbocycles. The molecule has 1 aromatic rings. The Bertz CT molecular complexity index is 426. The number of benzene rings is 1. The Hall–Kier alpha value is -1.02. The van der Waals surface area contributed by atoms with Gasteiger partial charge in [0.05, 0.1) is 0 Å². The van der Waals surface area contributed by atoms with Crippen LogP contribution in [0.1, 0.15) is 24.8 Å². The molecule has 0 spiro atoms. The molecule has 3 aliphatic rings. The van der Waals surface area contributed by atoms with Crippen LogP contribution in [0.2, 0.25) is 0 Å². The smallest absolute Gasteiger partial charge is 0.0317 e. The van der Waals surface area contributed by atoms with Gasteiger partial charge in [0.1, 0.15) is 0 Å². The fourth-order valence-corrected chi connectivity index (χ4v) is 4.54. The highest BCUT2D eigenvalue weighted by Crippen LogP contribution is 2.65. The fourth-order valence-electron chi connectivity index (χ4n) is 4.54. The van der Waals surface area contributed by atoms with E-state index in [0.717, 1.165) is 41.9 Å². The number of nitrogens with two attached hydrogens (primary N) is 1. The summed E-state index contributed by atoms with van der Waals surface area (Å²) < 4.78 is 0. The Labute approximate surface area is 103 Å². The van der Waals surface area contributed by atoms with Crippen molar-refractivity contribution in [3.63, 3.8) is 0 Å². The molecule has 2 nitrogen and oxygen atoms in total. The van der Waals surface area contributed by atoms with Crippen LogP contribution >= 0.6 is 0 Å². The lowest BCUT2D eigenvalue weighted by atomic mass is 10.0. The largest absolute Gasteiger partial charge is 0.399 e. The van der Waals surface area contributed by atoms with Crippen LogP contribution in [0.3, 0.4) is 0 Å². The lowest BCUT2D eigenvalue weighted by Gasteiger charge is -2.10. The molecule has 0 saturated heterocycles. The molecule has 17 heavy (non-hydrogen) atoms. The number of nitrogen functional groups attached to an aromatic ring is 1. The summed E-state index contributed by atoms with van der Waals surface area (Å²) in [6.45, 7) is 0.988. The number of rotatable bonds is 3. The molecule has 3 N–H and O–H groups in total. The predicted molar refractivity (Wildman–Crippen MR) is 69.3 cm³/mol. The first kappa shape index (κ1) is 9.95. The Balaban J connectivity index is 1.38. The average molecular weight is 228 g/mol. The molecule has 4 atom stereocenters. The molecule has 0 heterocycles. The number of hydrogen-bond acceptors (Lipinski definition) is 2. The van der Waals surface area contributed by atoms with E-state index in [1.807, 2.05) is 12.1 Å². The van der Waals surface area contributed by atoms with E-state index in [4.69, 9.17) is 5.73 Å². The van der Waals surface area contributed by atoms with Gasteiger partial charge >= 0.3 is 0 Å². The van der Waals surface area contributed by atoms with E-state index < -0.39 is 0 Å². The molecule has 0 aromatic heterocycles. The second-order valence-electron chi connectivity index (χ2n) is 6.14. The van der Waals surface area contributed by atoms with Crippen molar-refractivity contribution in [3.05, 3.63) is 29.8 Å². The first-order chi connectivity index (χ1) is 8.33. The van der Waals surface area contributed by atoms with Crippen molar-refractivity contribution in [3.8, 4) is 0 Å². The fraction of sp³-hybridized carbons (Fsp3) is 0.600. The molecule has 2 bridgehead atoms. The van der Waals surface area contributed by atoms with Crippen LogP contribution in [0.15, 0.2) is 24.3 Å².